The van der Waals surface area contributed by atoms with E-state index in [1.807, 2.05) is 62.4 Å². The molecule has 0 radical (unpaired) electrons. The number of fused-ring (bicyclic) bond motifs is 1. The van der Waals surface area contributed by atoms with Crippen LogP contribution in [0.3, 0.4) is 0 Å². The van der Waals surface area contributed by atoms with Gasteiger partial charge >= 0.3 is 0 Å². The zero-order valence-corrected chi connectivity index (χ0v) is 19.6. The molecular weight excluding hydrogens is 450 g/mol. The summed E-state index contributed by atoms with van der Waals surface area (Å²) >= 11 is 6.47. The minimum absolute atomic E-state index is 0.0219. The van der Waals surface area contributed by atoms with Crippen LogP contribution in [-0.4, -0.2) is 27.4 Å². The number of pyridine rings is 1. The van der Waals surface area contributed by atoms with Crippen LogP contribution in [0.25, 0.3) is 17.0 Å². The molecule has 0 saturated carbocycles. The van der Waals surface area contributed by atoms with Crippen molar-refractivity contribution in [3.63, 3.8) is 0 Å². The third-order valence-corrected chi connectivity index (χ3v) is 5.31. The van der Waals surface area contributed by atoms with Crippen LogP contribution in [0.5, 0.6) is 11.5 Å². The number of hydrogen-bond acceptors (Lipinski definition) is 6. The van der Waals surface area contributed by atoms with E-state index in [4.69, 9.17) is 16.3 Å². The van der Waals surface area contributed by atoms with Gasteiger partial charge in [0.05, 0.1) is 16.7 Å². The summed E-state index contributed by atoms with van der Waals surface area (Å²) in [4.78, 5) is 24.4. The third-order valence-electron chi connectivity index (χ3n) is 5.01. The van der Waals surface area contributed by atoms with E-state index < -0.39 is 0 Å². The number of carbonyl (C=O) groups excluding carboxylic acids is 1. The summed E-state index contributed by atoms with van der Waals surface area (Å²) in [6, 6.07) is 15.1. The fourth-order valence-corrected chi connectivity index (χ4v) is 3.43. The number of hydrogen-bond donors (Lipinski definition) is 2. The number of halogens is 1. The lowest BCUT2D eigenvalue weighted by atomic mass is 10.1. The number of rotatable bonds is 8. The van der Waals surface area contributed by atoms with E-state index in [0.29, 0.717) is 35.3 Å². The molecule has 0 fully saturated rings. The molecule has 34 heavy (non-hydrogen) atoms. The molecule has 2 N–H and O–H groups in total. The van der Waals surface area contributed by atoms with Gasteiger partial charge in [-0.25, -0.2) is 9.97 Å². The summed E-state index contributed by atoms with van der Waals surface area (Å²) < 4.78 is 5.84. The van der Waals surface area contributed by atoms with Gasteiger partial charge in [-0.15, -0.1) is 0 Å². The lowest BCUT2D eigenvalue weighted by Crippen LogP contribution is -2.21. The lowest BCUT2D eigenvalue weighted by molar-refractivity contribution is -0.120. The predicted molar refractivity (Wildman–Crippen MR) is 136 cm³/mol. The number of amides is 1. The molecule has 2 aromatic carbocycles. The molecule has 172 valence electrons. The fourth-order valence-electron chi connectivity index (χ4n) is 3.21. The Hall–Kier alpha value is -3.97. The maximum absolute atomic E-state index is 11.4. The van der Waals surface area contributed by atoms with E-state index >= 15 is 0 Å². The molecule has 0 bridgehead atoms. The zero-order chi connectivity index (χ0) is 23.9. The number of anilines is 2. The van der Waals surface area contributed by atoms with E-state index in [-0.39, 0.29) is 5.91 Å². The van der Waals surface area contributed by atoms with Gasteiger partial charge in [-0.1, -0.05) is 36.7 Å². The monoisotopic (exact) mass is 473 g/mol. The molecule has 0 aliphatic carbocycles. The van der Waals surface area contributed by atoms with Crippen LogP contribution in [0.4, 0.5) is 11.5 Å². The van der Waals surface area contributed by atoms with Gasteiger partial charge in [0.25, 0.3) is 0 Å². The van der Waals surface area contributed by atoms with Gasteiger partial charge in [0.2, 0.25) is 5.91 Å². The summed E-state index contributed by atoms with van der Waals surface area (Å²) in [6.45, 7) is 4.22. The standard InChI is InChI=1S/C26H24ClN5O2/c1-3-25(33)28-12-4-5-18-7-10-23-21(13-18)26(31-16-30-23)32-19-8-11-24(22(27)14-19)34-20-9-6-17(2)29-15-20/h4-11,13-16H,3,12H2,1-2H3,(H,28,33)(H,30,31,32)/b5-4+. The first kappa shape index (κ1) is 23.2. The molecule has 0 spiro atoms. The van der Waals surface area contributed by atoms with Gasteiger partial charge < -0.3 is 15.4 Å². The number of carbonyl (C=O) groups is 1. The molecule has 0 atom stereocenters. The summed E-state index contributed by atoms with van der Waals surface area (Å²) in [7, 11) is 0. The van der Waals surface area contributed by atoms with E-state index in [9.17, 15) is 4.79 Å². The van der Waals surface area contributed by atoms with E-state index in [1.54, 1.807) is 18.3 Å². The molecule has 0 unspecified atom stereocenters. The smallest absolute Gasteiger partial charge is 0.219 e. The first-order valence-electron chi connectivity index (χ1n) is 10.9. The van der Waals surface area contributed by atoms with Crippen LogP contribution in [0.2, 0.25) is 5.02 Å². The lowest BCUT2D eigenvalue weighted by Gasteiger charge is -2.12. The summed E-state index contributed by atoms with van der Waals surface area (Å²) in [6.07, 6.45) is 7.51. The van der Waals surface area contributed by atoms with Gasteiger partial charge in [0, 0.05) is 29.7 Å². The maximum atomic E-state index is 11.4. The first-order valence-corrected chi connectivity index (χ1v) is 11.2. The van der Waals surface area contributed by atoms with E-state index in [0.717, 1.165) is 27.8 Å². The van der Waals surface area contributed by atoms with Crippen molar-refractivity contribution in [2.45, 2.75) is 20.3 Å². The highest BCUT2D eigenvalue weighted by molar-refractivity contribution is 6.32. The van der Waals surface area contributed by atoms with Crippen molar-refractivity contribution in [3.05, 3.63) is 83.4 Å². The second kappa shape index (κ2) is 10.8. The van der Waals surface area contributed by atoms with Crippen LogP contribution in [0.15, 0.2) is 67.1 Å². The maximum Gasteiger partial charge on any atom is 0.219 e. The zero-order valence-electron chi connectivity index (χ0n) is 18.9. The third kappa shape index (κ3) is 5.88. The Morgan fingerprint density at radius 2 is 1.97 bits per heavy atom. The van der Waals surface area contributed by atoms with Crippen molar-refractivity contribution < 1.29 is 9.53 Å². The fraction of sp³-hybridized carbons (Fsp3) is 0.154. The number of benzene rings is 2. The van der Waals surface area contributed by atoms with Crippen molar-refractivity contribution in [2.75, 3.05) is 11.9 Å². The molecular formula is C26H24ClN5O2. The Morgan fingerprint density at radius 1 is 1.09 bits per heavy atom. The molecule has 0 saturated heterocycles. The number of ether oxygens (including phenoxy) is 1. The predicted octanol–water partition coefficient (Wildman–Crippen LogP) is 6.06. The highest BCUT2D eigenvalue weighted by Crippen LogP contribution is 2.33. The summed E-state index contributed by atoms with van der Waals surface area (Å²) in [5.41, 5.74) is 3.47. The second-order valence-corrected chi connectivity index (χ2v) is 7.97. The van der Waals surface area contributed by atoms with Crippen LogP contribution < -0.4 is 15.4 Å². The van der Waals surface area contributed by atoms with Gasteiger partial charge in [-0.05, 0) is 55.0 Å². The quantitative estimate of drug-likeness (QED) is 0.323. The van der Waals surface area contributed by atoms with Crippen LogP contribution in [0, 0.1) is 6.92 Å². The Labute approximate surface area is 202 Å². The molecule has 4 aromatic rings. The highest BCUT2D eigenvalue weighted by atomic mass is 35.5. The second-order valence-electron chi connectivity index (χ2n) is 7.57. The Balaban J connectivity index is 1.51. The average Bonchev–Trinajstić information content (AvgIpc) is 2.85. The highest BCUT2D eigenvalue weighted by Gasteiger charge is 2.09. The van der Waals surface area contributed by atoms with Crippen molar-refractivity contribution in [1.82, 2.24) is 20.3 Å². The number of nitrogens with one attached hydrogen (secondary N) is 2. The molecule has 2 heterocycles. The molecule has 7 nitrogen and oxygen atoms in total. The van der Waals surface area contributed by atoms with E-state index in [2.05, 4.69) is 25.6 Å². The number of nitrogens with zero attached hydrogens (tertiary/aromatic N) is 3. The minimum atomic E-state index is 0.0219. The van der Waals surface area contributed by atoms with Gasteiger partial charge in [0.1, 0.15) is 23.6 Å². The molecule has 0 aliphatic rings. The molecule has 4 rings (SSSR count). The SMILES string of the molecule is CCC(=O)NC/C=C/c1ccc2ncnc(Nc3ccc(Oc4ccc(C)nc4)c(Cl)c3)c2c1. The van der Waals surface area contributed by atoms with Gasteiger partial charge in [-0.2, -0.15) is 0 Å². The van der Waals surface area contributed by atoms with Crippen LogP contribution in [0.1, 0.15) is 24.6 Å². The number of aromatic nitrogens is 3. The van der Waals surface area contributed by atoms with Crippen molar-refractivity contribution >= 4 is 46.0 Å². The van der Waals surface area contributed by atoms with Crippen LogP contribution >= 0.6 is 11.6 Å². The summed E-state index contributed by atoms with van der Waals surface area (Å²) in [5, 5.41) is 7.47. The molecule has 8 heteroatoms. The Morgan fingerprint density at radius 3 is 2.74 bits per heavy atom. The van der Waals surface area contributed by atoms with Gasteiger partial charge in [-0.3, -0.25) is 9.78 Å². The van der Waals surface area contributed by atoms with Crippen molar-refractivity contribution in [2.24, 2.45) is 0 Å². The minimum Gasteiger partial charge on any atom is -0.454 e. The Kier molecular flexibility index (Phi) is 7.34. The first-order chi connectivity index (χ1) is 16.5. The normalized spacial score (nSPS) is 11.0. The van der Waals surface area contributed by atoms with Crippen molar-refractivity contribution in [3.8, 4) is 11.5 Å². The largest absolute Gasteiger partial charge is 0.454 e. The molecule has 0 aliphatic heterocycles. The molecule has 2 aromatic heterocycles. The van der Waals surface area contributed by atoms with Crippen molar-refractivity contribution in [1.29, 1.82) is 0 Å². The number of aryl methyl sites for hydroxylation is 1. The topological polar surface area (TPSA) is 89.0 Å². The molecule has 1 amide bonds. The Bertz CT molecular complexity index is 1340. The van der Waals surface area contributed by atoms with E-state index in [1.165, 1.54) is 6.33 Å². The average molecular weight is 474 g/mol. The van der Waals surface area contributed by atoms with Gasteiger partial charge in [0.15, 0.2) is 0 Å². The summed E-state index contributed by atoms with van der Waals surface area (Å²) in [5.74, 6) is 1.83. The van der Waals surface area contributed by atoms with Crippen LogP contribution in [-0.2, 0) is 4.79 Å².